The van der Waals surface area contributed by atoms with Gasteiger partial charge in [0.05, 0.1) is 0 Å². The minimum atomic E-state index is 0.546. The summed E-state index contributed by atoms with van der Waals surface area (Å²) in [6.07, 6.45) is 1.90. The third-order valence-electron chi connectivity index (χ3n) is 1.69. The maximum Gasteiger partial charge on any atom is 0.216 e. The van der Waals surface area contributed by atoms with Crippen LogP contribution < -0.4 is 5.32 Å². The monoisotopic (exact) mass is 183 g/mol. The first kappa shape index (κ1) is 10.2. The van der Waals surface area contributed by atoms with Gasteiger partial charge in [-0.2, -0.15) is 0 Å². The largest absolute Gasteiger partial charge is 0.426 e. The highest BCUT2D eigenvalue weighted by Gasteiger charge is 2.01. The van der Waals surface area contributed by atoms with Crippen LogP contribution in [0.4, 0.5) is 0 Å². The Morgan fingerprint density at radius 2 is 2.15 bits per heavy atom. The molecule has 0 atom stereocenters. The van der Waals surface area contributed by atoms with Crippen molar-refractivity contribution < 1.29 is 4.42 Å². The van der Waals surface area contributed by atoms with Gasteiger partial charge in [-0.1, -0.05) is 13.8 Å². The second-order valence-corrected chi connectivity index (χ2v) is 3.43. The third-order valence-corrected chi connectivity index (χ3v) is 1.69. The highest BCUT2D eigenvalue weighted by atomic mass is 16.4. The Hall–Kier alpha value is -0.900. The van der Waals surface area contributed by atoms with Crippen LogP contribution in [0.15, 0.2) is 4.42 Å². The van der Waals surface area contributed by atoms with Gasteiger partial charge in [0.25, 0.3) is 0 Å². The Balaban J connectivity index is 2.13. The average Bonchev–Trinajstić information content (AvgIpc) is 2.45. The van der Waals surface area contributed by atoms with E-state index in [9.17, 15) is 0 Å². The molecule has 0 aliphatic rings. The molecule has 0 spiro atoms. The minimum Gasteiger partial charge on any atom is -0.426 e. The summed E-state index contributed by atoms with van der Waals surface area (Å²) in [4.78, 5) is 0. The zero-order valence-electron chi connectivity index (χ0n) is 8.50. The van der Waals surface area contributed by atoms with Crippen molar-refractivity contribution >= 4 is 0 Å². The molecule has 1 aromatic heterocycles. The SMILES string of the molecule is Cc1nnc(CCCNC(C)C)o1. The summed E-state index contributed by atoms with van der Waals surface area (Å²) < 4.78 is 5.24. The van der Waals surface area contributed by atoms with Crippen LogP contribution in [0.5, 0.6) is 0 Å². The molecule has 4 nitrogen and oxygen atoms in total. The lowest BCUT2D eigenvalue weighted by Crippen LogP contribution is -2.23. The molecular weight excluding hydrogens is 166 g/mol. The summed E-state index contributed by atoms with van der Waals surface area (Å²) in [6.45, 7) is 7.08. The van der Waals surface area contributed by atoms with Gasteiger partial charge in [0.2, 0.25) is 11.8 Å². The van der Waals surface area contributed by atoms with E-state index in [1.165, 1.54) is 0 Å². The van der Waals surface area contributed by atoms with Crippen molar-refractivity contribution in [1.82, 2.24) is 15.5 Å². The molecule has 1 heterocycles. The van der Waals surface area contributed by atoms with Crippen LogP contribution in [-0.2, 0) is 6.42 Å². The predicted molar refractivity (Wildman–Crippen MR) is 50.5 cm³/mol. The number of hydrogen-bond donors (Lipinski definition) is 1. The fourth-order valence-electron chi connectivity index (χ4n) is 1.07. The summed E-state index contributed by atoms with van der Waals surface area (Å²) in [5.74, 6) is 1.38. The van der Waals surface area contributed by atoms with E-state index in [4.69, 9.17) is 4.42 Å². The van der Waals surface area contributed by atoms with Crippen LogP contribution in [0.3, 0.4) is 0 Å². The van der Waals surface area contributed by atoms with Gasteiger partial charge in [-0.15, -0.1) is 10.2 Å². The van der Waals surface area contributed by atoms with Crippen LogP contribution in [0.2, 0.25) is 0 Å². The van der Waals surface area contributed by atoms with Gasteiger partial charge in [-0.25, -0.2) is 0 Å². The molecule has 0 radical (unpaired) electrons. The lowest BCUT2D eigenvalue weighted by Gasteiger charge is -2.05. The summed E-state index contributed by atoms with van der Waals surface area (Å²) in [6, 6.07) is 0.546. The predicted octanol–water partition coefficient (Wildman–Crippen LogP) is 1.31. The van der Waals surface area contributed by atoms with Crippen molar-refractivity contribution in [3.63, 3.8) is 0 Å². The lowest BCUT2D eigenvalue weighted by molar-refractivity contribution is 0.454. The van der Waals surface area contributed by atoms with Crippen LogP contribution in [0.1, 0.15) is 32.0 Å². The normalized spacial score (nSPS) is 11.1. The van der Waals surface area contributed by atoms with Crippen LogP contribution in [0, 0.1) is 6.92 Å². The summed E-state index contributed by atoms with van der Waals surface area (Å²) in [7, 11) is 0. The van der Waals surface area contributed by atoms with E-state index >= 15 is 0 Å². The zero-order valence-corrected chi connectivity index (χ0v) is 8.50. The standard InChI is InChI=1S/C9H17N3O/c1-7(2)10-6-4-5-9-12-11-8(3)13-9/h7,10H,4-6H2,1-3H3. The number of aryl methyl sites for hydroxylation is 2. The van der Waals surface area contributed by atoms with E-state index in [0.29, 0.717) is 11.9 Å². The number of aromatic nitrogens is 2. The lowest BCUT2D eigenvalue weighted by atomic mass is 10.3. The Bertz CT molecular complexity index is 245. The van der Waals surface area contributed by atoms with E-state index in [2.05, 4.69) is 29.4 Å². The van der Waals surface area contributed by atoms with E-state index in [1.54, 1.807) is 0 Å². The Labute approximate surface area is 78.7 Å². The second-order valence-electron chi connectivity index (χ2n) is 3.43. The summed E-state index contributed by atoms with van der Waals surface area (Å²) >= 11 is 0. The topological polar surface area (TPSA) is 51.0 Å². The molecule has 0 aliphatic carbocycles. The molecule has 13 heavy (non-hydrogen) atoms. The van der Waals surface area contributed by atoms with Gasteiger partial charge in [0.1, 0.15) is 0 Å². The van der Waals surface area contributed by atoms with Crippen LogP contribution in [-0.4, -0.2) is 22.8 Å². The first-order valence-corrected chi connectivity index (χ1v) is 4.71. The maximum atomic E-state index is 5.24. The van der Waals surface area contributed by atoms with E-state index in [1.807, 2.05) is 6.92 Å². The maximum absolute atomic E-state index is 5.24. The van der Waals surface area contributed by atoms with Crippen molar-refractivity contribution in [2.24, 2.45) is 0 Å². The molecule has 0 fully saturated rings. The molecule has 1 N–H and O–H groups in total. The Morgan fingerprint density at radius 1 is 1.38 bits per heavy atom. The van der Waals surface area contributed by atoms with Gasteiger partial charge in [0.15, 0.2) is 0 Å². The summed E-state index contributed by atoms with van der Waals surface area (Å²) in [5.41, 5.74) is 0. The highest BCUT2D eigenvalue weighted by molar-refractivity contribution is 4.78. The highest BCUT2D eigenvalue weighted by Crippen LogP contribution is 2.00. The molecule has 4 heteroatoms. The fourth-order valence-corrected chi connectivity index (χ4v) is 1.07. The number of nitrogens with zero attached hydrogens (tertiary/aromatic N) is 2. The Morgan fingerprint density at radius 3 is 2.69 bits per heavy atom. The smallest absolute Gasteiger partial charge is 0.216 e. The molecule has 0 saturated carbocycles. The average molecular weight is 183 g/mol. The summed E-state index contributed by atoms with van der Waals surface area (Å²) in [5, 5.41) is 11.0. The third kappa shape index (κ3) is 4.03. The molecule has 0 aliphatic heterocycles. The zero-order chi connectivity index (χ0) is 9.68. The first-order chi connectivity index (χ1) is 6.18. The van der Waals surface area contributed by atoms with Crippen LogP contribution in [0.25, 0.3) is 0 Å². The number of nitrogens with one attached hydrogen (secondary N) is 1. The quantitative estimate of drug-likeness (QED) is 0.699. The molecule has 0 amide bonds. The van der Waals surface area contributed by atoms with Gasteiger partial charge in [-0.3, -0.25) is 0 Å². The van der Waals surface area contributed by atoms with Crippen molar-refractivity contribution in [1.29, 1.82) is 0 Å². The number of hydrogen-bond acceptors (Lipinski definition) is 4. The van der Waals surface area contributed by atoms with Gasteiger partial charge in [0, 0.05) is 19.4 Å². The van der Waals surface area contributed by atoms with Gasteiger partial charge in [-0.05, 0) is 13.0 Å². The first-order valence-electron chi connectivity index (χ1n) is 4.71. The van der Waals surface area contributed by atoms with Gasteiger partial charge >= 0.3 is 0 Å². The molecule has 1 rings (SSSR count). The molecule has 0 unspecified atom stereocenters. The molecular formula is C9H17N3O. The Kier molecular flexibility index (Phi) is 3.89. The van der Waals surface area contributed by atoms with Crippen molar-refractivity contribution in [2.75, 3.05) is 6.54 Å². The van der Waals surface area contributed by atoms with Gasteiger partial charge < -0.3 is 9.73 Å². The van der Waals surface area contributed by atoms with E-state index in [-0.39, 0.29) is 0 Å². The second kappa shape index (κ2) is 4.97. The fraction of sp³-hybridized carbons (Fsp3) is 0.778. The van der Waals surface area contributed by atoms with E-state index < -0.39 is 0 Å². The van der Waals surface area contributed by atoms with E-state index in [0.717, 1.165) is 25.3 Å². The molecule has 1 aromatic rings. The van der Waals surface area contributed by atoms with Crippen LogP contribution >= 0.6 is 0 Å². The molecule has 0 bridgehead atoms. The number of rotatable bonds is 5. The van der Waals surface area contributed by atoms with Crippen molar-refractivity contribution in [2.45, 2.75) is 39.7 Å². The molecule has 0 aromatic carbocycles. The van der Waals surface area contributed by atoms with Crippen molar-refractivity contribution in [3.8, 4) is 0 Å². The molecule has 74 valence electrons. The van der Waals surface area contributed by atoms with Crippen molar-refractivity contribution in [3.05, 3.63) is 11.8 Å². The minimum absolute atomic E-state index is 0.546. The molecule has 0 saturated heterocycles.